The van der Waals surface area contributed by atoms with Gasteiger partial charge in [-0.3, -0.25) is 0 Å². The summed E-state index contributed by atoms with van der Waals surface area (Å²) in [6.07, 6.45) is 1.19. The minimum atomic E-state index is -3.89. The Morgan fingerprint density at radius 3 is 2.32 bits per heavy atom. The SMILES string of the molecule is CN(C)C=NS(=O)(=O)c1cc(C(C)(C)C)ccc1O. The Bertz CT molecular complexity index is 584. The summed E-state index contributed by atoms with van der Waals surface area (Å²) in [6, 6.07) is 4.57. The molecule has 0 spiro atoms. The van der Waals surface area contributed by atoms with Crippen molar-refractivity contribution in [3.05, 3.63) is 23.8 Å². The average molecular weight is 284 g/mol. The van der Waals surface area contributed by atoms with Crippen LogP contribution in [0.2, 0.25) is 0 Å². The molecular formula is C13H20N2O3S. The summed E-state index contributed by atoms with van der Waals surface area (Å²) in [7, 11) is -0.549. The predicted octanol–water partition coefficient (Wildman–Crippen LogP) is 1.97. The lowest BCUT2D eigenvalue weighted by Crippen LogP contribution is -2.13. The van der Waals surface area contributed by atoms with Crippen LogP contribution in [-0.4, -0.2) is 38.9 Å². The topological polar surface area (TPSA) is 70.0 Å². The molecule has 1 aromatic rings. The van der Waals surface area contributed by atoms with E-state index in [1.54, 1.807) is 20.2 Å². The third kappa shape index (κ3) is 3.96. The number of rotatable bonds is 3. The van der Waals surface area contributed by atoms with Gasteiger partial charge in [0.25, 0.3) is 10.0 Å². The van der Waals surface area contributed by atoms with Gasteiger partial charge in [-0.25, -0.2) is 0 Å². The second-order valence-corrected chi connectivity index (χ2v) is 7.19. The molecule has 106 valence electrons. The number of benzene rings is 1. The molecule has 0 heterocycles. The van der Waals surface area contributed by atoms with Crippen molar-refractivity contribution in [1.29, 1.82) is 0 Å². The lowest BCUT2D eigenvalue weighted by Gasteiger charge is -2.19. The molecule has 0 radical (unpaired) electrons. The van der Waals surface area contributed by atoms with E-state index in [0.717, 1.165) is 5.56 Å². The van der Waals surface area contributed by atoms with E-state index < -0.39 is 10.0 Å². The number of aromatic hydroxyl groups is 1. The zero-order chi connectivity index (χ0) is 14.8. The van der Waals surface area contributed by atoms with Gasteiger partial charge in [-0.1, -0.05) is 26.8 Å². The van der Waals surface area contributed by atoms with Gasteiger partial charge in [-0.05, 0) is 23.1 Å². The van der Waals surface area contributed by atoms with E-state index in [-0.39, 0.29) is 16.1 Å². The summed E-state index contributed by atoms with van der Waals surface area (Å²) in [4.78, 5) is 1.35. The van der Waals surface area contributed by atoms with Gasteiger partial charge >= 0.3 is 0 Å². The normalized spacial score (nSPS) is 12.9. The van der Waals surface area contributed by atoms with Gasteiger partial charge < -0.3 is 10.0 Å². The first-order valence-electron chi connectivity index (χ1n) is 5.84. The maximum atomic E-state index is 12.1. The van der Waals surface area contributed by atoms with Gasteiger partial charge in [0.15, 0.2) is 0 Å². The summed E-state index contributed by atoms with van der Waals surface area (Å²) in [6.45, 7) is 5.91. The summed E-state index contributed by atoms with van der Waals surface area (Å²) >= 11 is 0. The molecule has 19 heavy (non-hydrogen) atoms. The maximum Gasteiger partial charge on any atom is 0.287 e. The van der Waals surface area contributed by atoms with Crippen LogP contribution >= 0.6 is 0 Å². The van der Waals surface area contributed by atoms with E-state index in [0.29, 0.717) is 0 Å². The maximum absolute atomic E-state index is 12.1. The van der Waals surface area contributed by atoms with Crippen LogP contribution in [0.25, 0.3) is 0 Å². The first-order chi connectivity index (χ1) is 8.54. The highest BCUT2D eigenvalue weighted by molar-refractivity contribution is 7.90. The molecule has 6 heteroatoms. The van der Waals surface area contributed by atoms with Crippen LogP contribution in [-0.2, 0) is 15.4 Å². The molecule has 0 fully saturated rings. The fourth-order valence-electron chi connectivity index (χ4n) is 1.40. The Morgan fingerprint density at radius 1 is 1.26 bits per heavy atom. The average Bonchev–Trinajstić information content (AvgIpc) is 2.25. The van der Waals surface area contributed by atoms with E-state index >= 15 is 0 Å². The summed E-state index contributed by atoms with van der Waals surface area (Å²) < 4.78 is 27.6. The van der Waals surface area contributed by atoms with E-state index in [1.807, 2.05) is 20.8 Å². The van der Waals surface area contributed by atoms with Crippen molar-refractivity contribution in [2.45, 2.75) is 31.1 Å². The van der Waals surface area contributed by atoms with Crippen molar-refractivity contribution in [1.82, 2.24) is 4.90 Å². The third-order valence-electron chi connectivity index (χ3n) is 2.52. The second-order valence-electron chi connectivity index (χ2n) is 5.59. The van der Waals surface area contributed by atoms with Gasteiger partial charge in [-0.15, -0.1) is 4.40 Å². The summed E-state index contributed by atoms with van der Waals surface area (Å²) in [5.41, 5.74) is 0.618. The van der Waals surface area contributed by atoms with Crippen molar-refractivity contribution in [2.24, 2.45) is 4.40 Å². The summed E-state index contributed by atoms with van der Waals surface area (Å²) in [5, 5.41) is 9.73. The minimum Gasteiger partial charge on any atom is -0.507 e. The number of phenols is 1. The minimum absolute atomic E-state index is 0.168. The molecule has 0 saturated heterocycles. The monoisotopic (exact) mass is 284 g/mol. The molecule has 0 aliphatic heterocycles. The van der Waals surface area contributed by atoms with Crippen molar-refractivity contribution >= 4 is 16.4 Å². The molecule has 1 aromatic carbocycles. The van der Waals surface area contributed by atoms with Crippen LogP contribution in [0, 0.1) is 0 Å². The Hall–Kier alpha value is -1.56. The van der Waals surface area contributed by atoms with Crippen LogP contribution < -0.4 is 0 Å². The van der Waals surface area contributed by atoms with Crippen molar-refractivity contribution in [3.8, 4) is 5.75 Å². The zero-order valence-electron chi connectivity index (χ0n) is 11.9. The molecule has 0 atom stereocenters. The van der Waals surface area contributed by atoms with Crippen LogP contribution in [0.3, 0.4) is 0 Å². The highest BCUT2D eigenvalue weighted by atomic mass is 32.2. The third-order valence-corrected chi connectivity index (χ3v) is 3.78. The smallest absolute Gasteiger partial charge is 0.287 e. The van der Waals surface area contributed by atoms with Crippen molar-refractivity contribution in [2.75, 3.05) is 14.1 Å². The molecule has 0 bridgehead atoms. The molecular weight excluding hydrogens is 264 g/mol. The summed E-state index contributed by atoms with van der Waals surface area (Å²) in [5.74, 6) is -0.288. The highest BCUT2D eigenvalue weighted by Crippen LogP contribution is 2.30. The standard InChI is InChI=1S/C13H20N2O3S/c1-13(2,3)10-6-7-11(16)12(8-10)19(17,18)14-9-15(4)5/h6-9,16H,1-5H3. The van der Waals surface area contributed by atoms with Crippen LogP contribution in [0.1, 0.15) is 26.3 Å². The van der Waals surface area contributed by atoms with Gasteiger partial charge in [0.1, 0.15) is 17.0 Å². The quantitative estimate of drug-likeness (QED) is 0.680. The molecule has 0 aromatic heterocycles. The number of nitrogens with zero attached hydrogens (tertiary/aromatic N) is 2. The number of hydrogen-bond donors (Lipinski definition) is 1. The molecule has 1 rings (SSSR count). The first-order valence-corrected chi connectivity index (χ1v) is 7.28. The van der Waals surface area contributed by atoms with Crippen LogP contribution in [0.4, 0.5) is 0 Å². The fraction of sp³-hybridized carbons (Fsp3) is 0.462. The Balaban J connectivity index is 3.35. The molecule has 1 N–H and O–H groups in total. The van der Waals surface area contributed by atoms with Gasteiger partial charge in [-0.2, -0.15) is 8.42 Å². The van der Waals surface area contributed by atoms with Gasteiger partial charge in [0.05, 0.1) is 0 Å². The van der Waals surface area contributed by atoms with E-state index in [2.05, 4.69) is 4.40 Å². The molecule has 0 aliphatic rings. The Morgan fingerprint density at radius 2 is 1.84 bits per heavy atom. The van der Waals surface area contributed by atoms with E-state index in [4.69, 9.17) is 0 Å². The number of hydrogen-bond acceptors (Lipinski definition) is 3. The fourth-order valence-corrected chi connectivity index (χ4v) is 2.43. The lowest BCUT2D eigenvalue weighted by molar-refractivity contribution is 0.457. The number of sulfonamides is 1. The van der Waals surface area contributed by atoms with Gasteiger partial charge in [0.2, 0.25) is 0 Å². The molecule has 5 nitrogen and oxygen atoms in total. The zero-order valence-corrected chi connectivity index (χ0v) is 12.7. The molecule has 0 aliphatic carbocycles. The largest absolute Gasteiger partial charge is 0.507 e. The Labute approximate surface area is 114 Å². The first kappa shape index (κ1) is 15.5. The number of phenolic OH excluding ortho intramolecular Hbond substituents is 1. The molecule has 0 unspecified atom stereocenters. The Kier molecular flexibility index (Phi) is 4.25. The van der Waals surface area contributed by atoms with E-state index in [1.165, 1.54) is 23.4 Å². The molecule has 0 amide bonds. The van der Waals surface area contributed by atoms with E-state index in [9.17, 15) is 13.5 Å². The second kappa shape index (κ2) is 5.21. The lowest BCUT2D eigenvalue weighted by atomic mass is 9.87. The predicted molar refractivity (Wildman–Crippen MR) is 76.2 cm³/mol. The van der Waals surface area contributed by atoms with Crippen molar-refractivity contribution < 1.29 is 13.5 Å². The molecule has 0 saturated carbocycles. The van der Waals surface area contributed by atoms with Crippen LogP contribution in [0.15, 0.2) is 27.5 Å². The van der Waals surface area contributed by atoms with Crippen molar-refractivity contribution in [3.63, 3.8) is 0 Å². The highest BCUT2D eigenvalue weighted by Gasteiger charge is 2.22. The van der Waals surface area contributed by atoms with Crippen LogP contribution in [0.5, 0.6) is 5.75 Å². The van der Waals surface area contributed by atoms with Gasteiger partial charge in [0, 0.05) is 14.1 Å².